The lowest BCUT2D eigenvalue weighted by atomic mass is 9.99. The Balaban J connectivity index is 3.23. The second-order valence-corrected chi connectivity index (χ2v) is 5.93. The van der Waals surface area contributed by atoms with Crippen LogP contribution in [0.4, 0.5) is 5.69 Å². The number of hydrogen-bond donors (Lipinski definition) is 1. The van der Waals surface area contributed by atoms with Crippen molar-refractivity contribution < 1.29 is 4.79 Å². The number of rotatable bonds is 5. The fourth-order valence-corrected chi connectivity index (χ4v) is 1.69. The summed E-state index contributed by atoms with van der Waals surface area (Å²) in [6.45, 7) is 10.2. The zero-order chi connectivity index (χ0) is 15.5. The maximum Gasteiger partial charge on any atom is 0.274 e. The highest BCUT2D eigenvalue weighted by Crippen LogP contribution is 2.22. The van der Waals surface area contributed by atoms with Crippen LogP contribution in [0.2, 0.25) is 0 Å². The van der Waals surface area contributed by atoms with Crippen LogP contribution < -0.4 is 5.32 Å². The van der Waals surface area contributed by atoms with E-state index in [1.54, 1.807) is 18.1 Å². The zero-order valence-corrected chi connectivity index (χ0v) is 13.6. The Kier molecular flexibility index (Phi) is 5.09. The van der Waals surface area contributed by atoms with Crippen molar-refractivity contribution in [3.8, 4) is 0 Å². The van der Waals surface area contributed by atoms with Gasteiger partial charge in [-0.3, -0.25) is 4.79 Å². The van der Waals surface area contributed by atoms with Crippen LogP contribution in [0.1, 0.15) is 63.3 Å². The number of nitrogens with zero attached hydrogens (tertiary/aromatic N) is 3. The average Bonchev–Trinajstić information content (AvgIpc) is 2.44. The minimum absolute atomic E-state index is 0.0782. The van der Waals surface area contributed by atoms with Crippen LogP contribution >= 0.6 is 0 Å². The minimum atomic E-state index is -0.203. The Morgan fingerprint density at radius 2 is 2.05 bits per heavy atom. The quantitative estimate of drug-likeness (QED) is 0.899. The van der Waals surface area contributed by atoms with Crippen molar-refractivity contribution >= 4 is 11.6 Å². The summed E-state index contributed by atoms with van der Waals surface area (Å²) in [6, 6.07) is 0. The van der Waals surface area contributed by atoms with E-state index in [9.17, 15) is 4.79 Å². The van der Waals surface area contributed by atoms with Crippen molar-refractivity contribution in [1.29, 1.82) is 0 Å². The van der Waals surface area contributed by atoms with Gasteiger partial charge in [0.05, 0.1) is 11.9 Å². The summed E-state index contributed by atoms with van der Waals surface area (Å²) in [5.74, 6) is 0.803. The smallest absolute Gasteiger partial charge is 0.274 e. The molecule has 0 spiro atoms. The first-order valence-electron chi connectivity index (χ1n) is 7.07. The molecule has 1 heterocycles. The van der Waals surface area contributed by atoms with E-state index in [4.69, 9.17) is 0 Å². The summed E-state index contributed by atoms with van der Waals surface area (Å²) >= 11 is 0. The van der Waals surface area contributed by atoms with Gasteiger partial charge in [-0.1, -0.05) is 20.8 Å². The van der Waals surface area contributed by atoms with Gasteiger partial charge < -0.3 is 10.2 Å². The highest BCUT2D eigenvalue weighted by atomic mass is 16.2. The summed E-state index contributed by atoms with van der Waals surface area (Å²) in [5, 5.41) is 2.99. The van der Waals surface area contributed by atoms with E-state index in [0.29, 0.717) is 17.2 Å². The van der Waals surface area contributed by atoms with Crippen LogP contribution in [0.15, 0.2) is 6.20 Å². The normalized spacial score (nSPS) is 11.6. The number of anilines is 1. The van der Waals surface area contributed by atoms with Gasteiger partial charge in [-0.25, -0.2) is 9.97 Å². The maximum atomic E-state index is 12.7. The maximum absolute atomic E-state index is 12.7. The molecule has 1 amide bonds. The molecule has 0 fully saturated rings. The predicted octanol–water partition coefficient (Wildman–Crippen LogP) is 2.90. The number of nitrogens with one attached hydrogen (secondary N) is 1. The minimum Gasteiger partial charge on any atom is -0.385 e. The number of hydrogen-bond acceptors (Lipinski definition) is 4. The molecule has 1 aromatic rings. The summed E-state index contributed by atoms with van der Waals surface area (Å²) in [4.78, 5) is 23.2. The van der Waals surface area contributed by atoms with Crippen LogP contribution in [0.25, 0.3) is 0 Å². The molecule has 0 aromatic carbocycles. The monoisotopic (exact) mass is 278 g/mol. The molecule has 5 nitrogen and oxygen atoms in total. The molecule has 0 radical (unpaired) electrons. The molecule has 5 heteroatoms. The topological polar surface area (TPSA) is 58.1 Å². The van der Waals surface area contributed by atoms with Crippen molar-refractivity contribution in [2.45, 2.75) is 52.5 Å². The Bertz CT molecular complexity index is 483. The standard InChI is InChI=1S/C15H26N4O/c1-8-15(4,5)19(7)14(20)12-11(16-6)9-17-13(18-12)10(2)3/h9-10,16H,8H2,1-7H3. The van der Waals surface area contributed by atoms with Crippen LogP contribution in [0.3, 0.4) is 0 Å². The summed E-state index contributed by atoms with van der Waals surface area (Å²) in [5.41, 5.74) is 0.902. The zero-order valence-electron chi connectivity index (χ0n) is 13.6. The van der Waals surface area contributed by atoms with Gasteiger partial charge in [0.15, 0.2) is 5.69 Å². The van der Waals surface area contributed by atoms with E-state index >= 15 is 0 Å². The van der Waals surface area contributed by atoms with Crippen LogP contribution in [-0.4, -0.2) is 40.4 Å². The lowest BCUT2D eigenvalue weighted by Gasteiger charge is -2.35. The Hall–Kier alpha value is -1.65. The molecule has 1 aromatic heterocycles. The third kappa shape index (κ3) is 3.26. The Morgan fingerprint density at radius 3 is 2.50 bits per heavy atom. The number of aromatic nitrogens is 2. The number of carbonyl (C=O) groups is 1. The fourth-order valence-electron chi connectivity index (χ4n) is 1.69. The van der Waals surface area contributed by atoms with Gasteiger partial charge in [0, 0.05) is 25.6 Å². The second-order valence-electron chi connectivity index (χ2n) is 5.93. The van der Waals surface area contributed by atoms with E-state index < -0.39 is 0 Å². The average molecular weight is 278 g/mol. The molecule has 0 saturated heterocycles. The number of amides is 1. The van der Waals surface area contributed by atoms with Crippen molar-refractivity contribution in [3.05, 3.63) is 17.7 Å². The molecule has 1 rings (SSSR count). The van der Waals surface area contributed by atoms with Gasteiger partial charge in [-0.2, -0.15) is 0 Å². The summed E-state index contributed by atoms with van der Waals surface area (Å²) in [6.07, 6.45) is 2.56. The fraction of sp³-hybridized carbons (Fsp3) is 0.667. The Labute approximate surface area is 121 Å². The van der Waals surface area contributed by atoms with Crippen LogP contribution in [0, 0.1) is 0 Å². The van der Waals surface area contributed by atoms with E-state index in [0.717, 1.165) is 6.42 Å². The first-order valence-corrected chi connectivity index (χ1v) is 7.07. The van der Waals surface area contributed by atoms with Gasteiger partial charge in [-0.05, 0) is 20.3 Å². The SMILES string of the molecule is CCC(C)(C)N(C)C(=O)c1nc(C(C)C)ncc1NC. The summed E-state index contributed by atoms with van der Waals surface area (Å²) < 4.78 is 0. The molecule has 0 aliphatic heterocycles. The Morgan fingerprint density at radius 1 is 1.45 bits per heavy atom. The van der Waals surface area contributed by atoms with Gasteiger partial charge in [0.25, 0.3) is 5.91 Å². The van der Waals surface area contributed by atoms with Crippen LogP contribution in [-0.2, 0) is 0 Å². The van der Waals surface area contributed by atoms with Crippen molar-refractivity contribution in [1.82, 2.24) is 14.9 Å². The highest BCUT2D eigenvalue weighted by Gasteiger charge is 2.29. The van der Waals surface area contributed by atoms with E-state index in [-0.39, 0.29) is 17.4 Å². The van der Waals surface area contributed by atoms with E-state index in [2.05, 4.69) is 36.1 Å². The molecular formula is C15H26N4O. The largest absolute Gasteiger partial charge is 0.385 e. The highest BCUT2D eigenvalue weighted by molar-refractivity contribution is 5.97. The van der Waals surface area contributed by atoms with E-state index in [1.165, 1.54) is 0 Å². The third-order valence-corrected chi connectivity index (χ3v) is 3.87. The molecule has 112 valence electrons. The van der Waals surface area contributed by atoms with Gasteiger partial charge in [-0.15, -0.1) is 0 Å². The molecule has 1 N–H and O–H groups in total. The van der Waals surface area contributed by atoms with Gasteiger partial charge in [0.1, 0.15) is 5.82 Å². The molecule has 0 bridgehead atoms. The molecule has 0 atom stereocenters. The second kappa shape index (κ2) is 6.20. The van der Waals surface area contributed by atoms with Crippen molar-refractivity contribution in [2.75, 3.05) is 19.4 Å². The molecule has 0 aliphatic rings. The number of carbonyl (C=O) groups excluding carboxylic acids is 1. The molecule has 0 saturated carbocycles. The van der Waals surface area contributed by atoms with Gasteiger partial charge >= 0.3 is 0 Å². The van der Waals surface area contributed by atoms with Gasteiger partial charge in [0.2, 0.25) is 0 Å². The lowest BCUT2D eigenvalue weighted by molar-refractivity contribution is 0.0614. The van der Waals surface area contributed by atoms with Crippen LogP contribution in [0.5, 0.6) is 0 Å². The summed E-state index contributed by atoms with van der Waals surface area (Å²) in [7, 11) is 3.60. The van der Waals surface area contributed by atoms with E-state index in [1.807, 2.05) is 20.9 Å². The molecular weight excluding hydrogens is 252 g/mol. The predicted molar refractivity (Wildman–Crippen MR) is 82.1 cm³/mol. The molecule has 0 aliphatic carbocycles. The first kappa shape index (κ1) is 16.4. The lowest BCUT2D eigenvalue weighted by Crippen LogP contribution is -2.45. The third-order valence-electron chi connectivity index (χ3n) is 3.87. The molecule has 0 unspecified atom stereocenters. The van der Waals surface area contributed by atoms with Crippen molar-refractivity contribution in [2.24, 2.45) is 0 Å². The van der Waals surface area contributed by atoms with Crippen molar-refractivity contribution in [3.63, 3.8) is 0 Å². The molecule has 20 heavy (non-hydrogen) atoms. The first-order chi connectivity index (χ1) is 9.24.